The van der Waals surface area contributed by atoms with Gasteiger partial charge in [-0.25, -0.2) is 0 Å². The molecule has 2 fully saturated rings. The third-order valence-electron chi connectivity index (χ3n) is 3.18. The van der Waals surface area contributed by atoms with E-state index in [9.17, 15) is 4.79 Å². The van der Waals surface area contributed by atoms with Crippen LogP contribution in [-0.2, 0) is 4.79 Å². The van der Waals surface area contributed by atoms with Crippen LogP contribution in [-0.4, -0.2) is 43.0 Å². The number of likely N-dealkylation sites (tertiary alicyclic amines) is 1. The summed E-state index contributed by atoms with van der Waals surface area (Å²) in [5, 5.41) is 3.22. The number of nitrogens with zero attached hydrogens (tertiary/aromatic N) is 1. The lowest BCUT2D eigenvalue weighted by molar-refractivity contribution is -0.136. The van der Waals surface area contributed by atoms with Crippen molar-refractivity contribution >= 4 is 18.3 Å². The fraction of sp³-hybridized carbons (Fsp3) is 0.900. The first-order valence-corrected chi connectivity index (χ1v) is 5.52. The second kappa shape index (κ2) is 5.68. The Morgan fingerprint density at radius 3 is 2.80 bits per heavy atom. The molecule has 0 aliphatic carbocycles. The van der Waals surface area contributed by atoms with Crippen molar-refractivity contribution < 1.29 is 4.79 Å². The number of carbonyl (C=O) groups excluding carboxylic acids is 1. The first kappa shape index (κ1) is 12.7. The fourth-order valence-corrected chi connectivity index (χ4v) is 2.33. The van der Waals surface area contributed by atoms with Crippen LogP contribution < -0.4 is 11.1 Å². The van der Waals surface area contributed by atoms with Crippen molar-refractivity contribution in [1.82, 2.24) is 10.2 Å². The predicted octanol–water partition coefficient (Wildman–Crippen LogP) is -0.0326. The molecular weight excluding hydrogens is 214 g/mol. The number of carbonyl (C=O) groups is 1. The summed E-state index contributed by atoms with van der Waals surface area (Å²) in [6.07, 6.45) is 3.12. The summed E-state index contributed by atoms with van der Waals surface area (Å²) in [7, 11) is 0. The van der Waals surface area contributed by atoms with Gasteiger partial charge in [-0.2, -0.15) is 0 Å². The number of rotatable bonds is 1. The van der Waals surface area contributed by atoms with E-state index in [1.54, 1.807) is 0 Å². The second-order valence-electron chi connectivity index (χ2n) is 4.38. The lowest BCUT2D eigenvalue weighted by Crippen LogP contribution is -2.48. The van der Waals surface area contributed by atoms with Crippen molar-refractivity contribution in [2.24, 2.45) is 11.7 Å². The van der Waals surface area contributed by atoms with Crippen LogP contribution in [0.4, 0.5) is 0 Å². The minimum absolute atomic E-state index is 0. The van der Waals surface area contributed by atoms with Crippen LogP contribution in [0, 0.1) is 5.92 Å². The summed E-state index contributed by atoms with van der Waals surface area (Å²) in [5.41, 5.74) is 5.85. The number of hydrogen-bond donors (Lipinski definition) is 2. The molecule has 0 radical (unpaired) electrons. The van der Waals surface area contributed by atoms with Crippen molar-refractivity contribution in [3.63, 3.8) is 0 Å². The molecule has 2 saturated heterocycles. The quantitative estimate of drug-likeness (QED) is 0.669. The Labute approximate surface area is 97.0 Å². The molecule has 0 unspecified atom stereocenters. The highest BCUT2D eigenvalue weighted by atomic mass is 35.5. The van der Waals surface area contributed by atoms with Crippen LogP contribution in [0.15, 0.2) is 0 Å². The number of nitrogens with one attached hydrogen (secondary N) is 1. The monoisotopic (exact) mass is 233 g/mol. The molecule has 0 spiro atoms. The van der Waals surface area contributed by atoms with Crippen LogP contribution in [0.1, 0.15) is 19.3 Å². The second-order valence-corrected chi connectivity index (χ2v) is 4.38. The van der Waals surface area contributed by atoms with E-state index in [-0.39, 0.29) is 24.4 Å². The highest BCUT2D eigenvalue weighted by Gasteiger charge is 2.29. The molecule has 3 N–H and O–H groups in total. The van der Waals surface area contributed by atoms with Crippen LogP contribution in [0.2, 0.25) is 0 Å². The van der Waals surface area contributed by atoms with E-state index in [1.165, 1.54) is 0 Å². The highest BCUT2D eigenvalue weighted by Crippen LogP contribution is 2.15. The van der Waals surface area contributed by atoms with E-state index in [0.717, 1.165) is 45.4 Å². The minimum Gasteiger partial charge on any atom is -0.341 e. The minimum atomic E-state index is 0. The van der Waals surface area contributed by atoms with Crippen LogP contribution in [0.5, 0.6) is 0 Å². The lowest BCUT2D eigenvalue weighted by Gasteiger charge is -2.32. The first-order valence-electron chi connectivity index (χ1n) is 5.52. The number of halogens is 1. The summed E-state index contributed by atoms with van der Waals surface area (Å²) in [6.45, 7) is 3.50. The van der Waals surface area contributed by atoms with Gasteiger partial charge in [0.15, 0.2) is 0 Å². The summed E-state index contributed by atoms with van der Waals surface area (Å²) in [5.74, 6) is 0.519. The molecule has 15 heavy (non-hydrogen) atoms. The Bertz CT molecular complexity index is 219. The Kier molecular flexibility index (Phi) is 4.83. The average molecular weight is 234 g/mol. The van der Waals surface area contributed by atoms with Gasteiger partial charge in [-0.05, 0) is 25.8 Å². The van der Waals surface area contributed by atoms with Gasteiger partial charge in [0.2, 0.25) is 5.91 Å². The molecule has 5 heteroatoms. The smallest absolute Gasteiger partial charge is 0.227 e. The summed E-state index contributed by atoms with van der Waals surface area (Å²) >= 11 is 0. The molecule has 2 aliphatic rings. The van der Waals surface area contributed by atoms with E-state index in [4.69, 9.17) is 5.73 Å². The Balaban J connectivity index is 0.00000112. The van der Waals surface area contributed by atoms with E-state index in [2.05, 4.69) is 5.32 Å². The lowest BCUT2D eigenvalue weighted by atomic mass is 10.0. The summed E-state index contributed by atoms with van der Waals surface area (Å²) in [6, 6.07) is 0.196. The van der Waals surface area contributed by atoms with Gasteiger partial charge in [-0.1, -0.05) is 0 Å². The van der Waals surface area contributed by atoms with Crippen LogP contribution in [0.3, 0.4) is 0 Å². The Hall–Kier alpha value is -0.320. The molecule has 0 aromatic rings. The number of piperidine rings is 1. The fourth-order valence-electron chi connectivity index (χ4n) is 2.33. The van der Waals surface area contributed by atoms with Gasteiger partial charge in [0.25, 0.3) is 0 Å². The largest absolute Gasteiger partial charge is 0.341 e. The van der Waals surface area contributed by atoms with Crippen molar-refractivity contribution in [2.45, 2.75) is 25.3 Å². The zero-order chi connectivity index (χ0) is 9.97. The molecule has 2 heterocycles. The average Bonchev–Trinajstić information content (AvgIpc) is 2.69. The van der Waals surface area contributed by atoms with Crippen molar-refractivity contribution in [3.05, 3.63) is 0 Å². The van der Waals surface area contributed by atoms with Gasteiger partial charge in [0.05, 0.1) is 5.92 Å². The molecule has 0 bridgehead atoms. The normalized spacial score (nSPS) is 31.1. The summed E-state index contributed by atoms with van der Waals surface area (Å²) in [4.78, 5) is 13.9. The van der Waals surface area contributed by atoms with Gasteiger partial charge in [-0.3, -0.25) is 4.79 Å². The molecule has 2 aliphatic heterocycles. The third kappa shape index (κ3) is 3.06. The maximum Gasteiger partial charge on any atom is 0.227 e. The maximum atomic E-state index is 12.0. The Morgan fingerprint density at radius 2 is 2.20 bits per heavy atom. The molecule has 1 amide bonds. The molecule has 88 valence electrons. The van der Waals surface area contributed by atoms with Crippen LogP contribution in [0.25, 0.3) is 0 Å². The first-order chi connectivity index (χ1) is 6.77. The highest BCUT2D eigenvalue weighted by molar-refractivity contribution is 5.85. The molecule has 2 atom stereocenters. The summed E-state index contributed by atoms with van der Waals surface area (Å²) < 4.78 is 0. The standard InChI is InChI=1S/C10H19N3O.ClH/c11-9-2-1-5-13(7-9)10(14)8-3-4-12-6-8;/h8-9,12H,1-7,11H2;1H/t8-,9-;/m1./s1. The van der Waals surface area contributed by atoms with E-state index < -0.39 is 0 Å². The van der Waals surface area contributed by atoms with Gasteiger partial charge in [0.1, 0.15) is 0 Å². The zero-order valence-electron chi connectivity index (χ0n) is 8.95. The molecule has 4 nitrogen and oxygen atoms in total. The van der Waals surface area contributed by atoms with Crippen molar-refractivity contribution in [3.8, 4) is 0 Å². The van der Waals surface area contributed by atoms with Crippen molar-refractivity contribution in [1.29, 1.82) is 0 Å². The number of hydrogen-bond acceptors (Lipinski definition) is 3. The van der Waals surface area contributed by atoms with Gasteiger partial charge < -0.3 is 16.0 Å². The Morgan fingerprint density at radius 1 is 1.40 bits per heavy atom. The molecular formula is C10H20ClN3O. The number of nitrogens with two attached hydrogens (primary N) is 1. The van der Waals surface area contributed by atoms with E-state index >= 15 is 0 Å². The SMILES string of the molecule is Cl.N[C@@H]1CCCN(C(=O)[C@@H]2CCNC2)C1. The van der Waals surface area contributed by atoms with Crippen molar-refractivity contribution in [2.75, 3.05) is 26.2 Å². The predicted molar refractivity (Wildman–Crippen MR) is 62.0 cm³/mol. The van der Waals surface area contributed by atoms with Gasteiger partial charge >= 0.3 is 0 Å². The third-order valence-corrected chi connectivity index (χ3v) is 3.18. The van der Waals surface area contributed by atoms with E-state index in [1.807, 2.05) is 4.90 Å². The molecule has 2 rings (SSSR count). The van der Waals surface area contributed by atoms with Gasteiger partial charge in [0, 0.05) is 25.7 Å². The van der Waals surface area contributed by atoms with Gasteiger partial charge in [-0.15, -0.1) is 12.4 Å². The number of amides is 1. The van der Waals surface area contributed by atoms with E-state index in [0.29, 0.717) is 5.91 Å². The maximum absolute atomic E-state index is 12.0. The zero-order valence-corrected chi connectivity index (χ0v) is 9.76. The topological polar surface area (TPSA) is 58.4 Å². The molecule has 0 aromatic heterocycles. The van der Waals surface area contributed by atoms with Crippen LogP contribution >= 0.6 is 12.4 Å². The molecule has 0 aromatic carbocycles. The molecule has 0 saturated carbocycles.